The normalized spacial score (nSPS) is 11.0. The van der Waals surface area contributed by atoms with Crippen LogP contribution in [0.4, 0.5) is 0 Å². The predicted molar refractivity (Wildman–Crippen MR) is 122 cm³/mol. The zero-order chi connectivity index (χ0) is 21.9. The van der Waals surface area contributed by atoms with Gasteiger partial charge in [0.15, 0.2) is 6.61 Å². The lowest BCUT2D eigenvalue weighted by atomic mass is 9.86. The van der Waals surface area contributed by atoms with Gasteiger partial charge >= 0.3 is 5.97 Å². The lowest BCUT2D eigenvalue weighted by molar-refractivity contribution is -0.164. The number of carbonyl (C=O) groups is 2. The predicted octanol–water partition coefficient (Wildman–Crippen LogP) is 3.76. The van der Waals surface area contributed by atoms with Crippen LogP contribution in [0.2, 0.25) is 0 Å². The lowest BCUT2D eigenvalue weighted by Crippen LogP contribution is -2.40. The average molecular weight is 436 g/mol. The van der Waals surface area contributed by atoms with Crippen molar-refractivity contribution in [3.63, 3.8) is 0 Å². The summed E-state index contributed by atoms with van der Waals surface area (Å²) < 4.78 is 5.20. The van der Waals surface area contributed by atoms with Crippen molar-refractivity contribution in [2.24, 2.45) is 0 Å². The molecule has 0 spiro atoms. The highest BCUT2D eigenvalue weighted by molar-refractivity contribution is 7.99. The molecule has 0 aromatic heterocycles. The molecule has 0 unspecified atom stereocenters. The minimum atomic E-state index is -1.99. The van der Waals surface area contributed by atoms with Crippen LogP contribution in [-0.2, 0) is 19.9 Å². The standard InChI is InChI=1S/C25H25NO4S/c27-23(26-17-10-18-31-22-15-8-3-9-16-22)19-30-24(28)25(29,20-11-4-1-5-12-20)21-13-6-2-7-14-21/h1-9,11-16,29H,10,17-19H2,(H,26,27). The molecule has 3 rings (SSSR count). The van der Waals surface area contributed by atoms with Gasteiger partial charge in [-0.2, -0.15) is 0 Å². The van der Waals surface area contributed by atoms with E-state index in [0.29, 0.717) is 17.7 Å². The van der Waals surface area contributed by atoms with Crippen LogP contribution in [0.25, 0.3) is 0 Å². The highest BCUT2D eigenvalue weighted by atomic mass is 32.2. The summed E-state index contributed by atoms with van der Waals surface area (Å²) in [6, 6.07) is 27.2. The fraction of sp³-hybridized carbons (Fsp3) is 0.200. The maximum Gasteiger partial charge on any atom is 0.348 e. The van der Waals surface area contributed by atoms with Gasteiger partial charge in [-0.3, -0.25) is 4.79 Å². The fourth-order valence-corrected chi connectivity index (χ4v) is 3.93. The topological polar surface area (TPSA) is 75.6 Å². The van der Waals surface area contributed by atoms with Crippen molar-refractivity contribution in [3.05, 3.63) is 102 Å². The smallest absolute Gasteiger partial charge is 0.348 e. The van der Waals surface area contributed by atoms with E-state index in [-0.39, 0.29) is 0 Å². The lowest BCUT2D eigenvalue weighted by Gasteiger charge is -2.26. The first-order chi connectivity index (χ1) is 15.1. The van der Waals surface area contributed by atoms with Gasteiger partial charge in [0, 0.05) is 11.4 Å². The van der Waals surface area contributed by atoms with Gasteiger partial charge < -0.3 is 15.2 Å². The Kier molecular flexibility index (Phi) is 8.27. The maximum atomic E-state index is 12.8. The highest BCUT2D eigenvalue weighted by Crippen LogP contribution is 2.31. The molecule has 6 heteroatoms. The summed E-state index contributed by atoms with van der Waals surface area (Å²) in [7, 11) is 0. The number of esters is 1. The van der Waals surface area contributed by atoms with Gasteiger partial charge in [-0.1, -0.05) is 78.9 Å². The molecule has 0 saturated heterocycles. The van der Waals surface area contributed by atoms with Crippen LogP contribution < -0.4 is 5.32 Å². The van der Waals surface area contributed by atoms with Crippen molar-refractivity contribution >= 4 is 23.6 Å². The molecule has 160 valence electrons. The van der Waals surface area contributed by atoms with Crippen molar-refractivity contribution in [2.75, 3.05) is 18.9 Å². The van der Waals surface area contributed by atoms with Gasteiger partial charge in [0.1, 0.15) is 0 Å². The second-order valence-electron chi connectivity index (χ2n) is 6.88. The summed E-state index contributed by atoms with van der Waals surface area (Å²) in [5.74, 6) is -0.424. The van der Waals surface area contributed by atoms with Crippen molar-refractivity contribution in [3.8, 4) is 0 Å². The van der Waals surface area contributed by atoms with Crippen molar-refractivity contribution < 1.29 is 19.4 Å². The van der Waals surface area contributed by atoms with Gasteiger partial charge in [0.05, 0.1) is 0 Å². The monoisotopic (exact) mass is 435 g/mol. The van der Waals surface area contributed by atoms with E-state index in [1.54, 1.807) is 72.4 Å². The number of hydrogen-bond acceptors (Lipinski definition) is 5. The molecule has 0 aliphatic heterocycles. The number of thioether (sulfide) groups is 1. The number of nitrogens with one attached hydrogen (secondary N) is 1. The van der Waals surface area contributed by atoms with Crippen LogP contribution in [0.3, 0.4) is 0 Å². The molecule has 1 amide bonds. The van der Waals surface area contributed by atoms with E-state index in [1.165, 1.54) is 4.90 Å². The first-order valence-electron chi connectivity index (χ1n) is 10.1. The van der Waals surface area contributed by atoms with E-state index in [2.05, 4.69) is 5.32 Å². The van der Waals surface area contributed by atoms with Crippen LogP contribution in [-0.4, -0.2) is 35.9 Å². The Morgan fingerprint density at radius 3 is 1.90 bits per heavy atom. The molecule has 0 aliphatic carbocycles. The van der Waals surface area contributed by atoms with Crippen molar-refractivity contribution in [1.29, 1.82) is 0 Å². The van der Waals surface area contributed by atoms with Crippen LogP contribution in [0.5, 0.6) is 0 Å². The molecule has 0 heterocycles. The Balaban J connectivity index is 1.51. The third kappa shape index (κ3) is 6.20. The molecule has 31 heavy (non-hydrogen) atoms. The van der Waals surface area contributed by atoms with Crippen molar-refractivity contribution in [1.82, 2.24) is 5.32 Å². The molecular weight excluding hydrogens is 410 g/mol. The van der Waals surface area contributed by atoms with E-state index in [4.69, 9.17) is 4.74 Å². The van der Waals surface area contributed by atoms with Crippen LogP contribution in [0.1, 0.15) is 17.5 Å². The zero-order valence-electron chi connectivity index (χ0n) is 17.1. The van der Waals surface area contributed by atoms with Gasteiger partial charge in [-0.05, 0) is 35.4 Å². The van der Waals surface area contributed by atoms with E-state index in [9.17, 15) is 14.7 Å². The van der Waals surface area contributed by atoms with E-state index in [1.807, 2.05) is 30.3 Å². The molecule has 2 N–H and O–H groups in total. The summed E-state index contributed by atoms with van der Waals surface area (Å²) in [6.45, 7) is 0.0322. The molecule has 0 bridgehead atoms. The third-order valence-corrected chi connectivity index (χ3v) is 5.77. The molecule has 0 aliphatic rings. The number of benzene rings is 3. The summed E-state index contributed by atoms with van der Waals surface area (Å²) in [5.41, 5.74) is -1.23. The molecule has 0 radical (unpaired) electrons. The molecule has 3 aromatic rings. The Morgan fingerprint density at radius 1 is 0.839 bits per heavy atom. The second kappa shape index (κ2) is 11.3. The average Bonchev–Trinajstić information content (AvgIpc) is 2.83. The third-order valence-electron chi connectivity index (χ3n) is 4.67. The zero-order valence-corrected chi connectivity index (χ0v) is 17.9. The fourth-order valence-electron chi connectivity index (χ4n) is 3.05. The van der Waals surface area contributed by atoms with E-state index < -0.39 is 24.1 Å². The van der Waals surface area contributed by atoms with E-state index in [0.717, 1.165) is 12.2 Å². The quantitative estimate of drug-likeness (QED) is 0.288. The Hall–Kier alpha value is -3.09. The summed E-state index contributed by atoms with van der Waals surface area (Å²) in [6.07, 6.45) is 0.789. The van der Waals surface area contributed by atoms with Gasteiger partial charge in [0.2, 0.25) is 5.60 Å². The second-order valence-corrected chi connectivity index (χ2v) is 8.05. The SMILES string of the molecule is O=C(COC(=O)C(O)(c1ccccc1)c1ccccc1)NCCCSc1ccccc1. The van der Waals surface area contributed by atoms with Crippen LogP contribution in [0, 0.1) is 0 Å². The van der Waals surface area contributed by atoms with Gasteiger partial charge in [-0.15, -0.1) is 11.8 Å². The number of rotatable bonds is 10. The largest absolute Gasteiger partial charge is 0.453 e. The minimum absolute atomic E-state index is 0.379. The Bertz CT molecular complexity index is 925. The van der Waals surface area contributed by atoms with Gasteiger partial charge in [0.25, 0.3) is 5.91 Å². The molecule has 0 saturated carbocycles. The summed E-state index contributed by atoms with van der Waals surface area (Å²) >= 11 is 1.72. The number of ether oxygens (including phenoxy) is 1. The number of amides is 1. The number of hydrogen-bond donors (Lipinski definition) is 2. The molecular formula is C25H25NO4S. The summed E-state index contributed by atoms with van der Waals surface area (Å²) in [5, 5.41) is 14.0. The van der Waals surface area contributed by atoms with Crippen LogP contribution >= 0.6 is 11.8 Å². The number of aliphatic hydroxyl groups is 1. The van der Waals surface area contributed by atoms with Gasteiger partial charge in [-0.25, -0.2) is 4.79 Å². The number of carbonyl (C=O) groups excluding carboxylic acids is 2. The maximum absolute atomic E-state index is 12.8. The Labute approximate surface area is 186 Å². The summed E-state index contributed by atoms with van der Waals surface area (Å²) in [4.78, 5) is 26.1. The first-order valence-corrected chi connectivity index (χ1v) is 11.0. The molecule has 3 aromatic carbocycles. The first kappa shape index (κ1) is 22.6. The molecule has 0 atom stereocenters. The highest BCUT2D eigenvalue weighted by Gasteiger charge is 2.41. The van der Waals surface area contributed by atoms with E-state index >= 15 is 0 Å². The van der Waals surface area contributed by atoms with Crippen LogP contribution in [0.15, 0.2) is 95.9 Å². The molecule has 5 nitrogen and oxygen atoms in total. The molecule has 0 fully saturated rings. The van der Waals surface area contributed by atoms with Crippen molar-refractivity contribution in [2.45, 2.75) is 16.9 Å². The minimum Gasteiger partial charge on any atom is -0.453 e. The Morgan fingerprint density at radius 2 is 1.35 bits per heavy atom.